The first-order chi connectivity index (χ1) is 17.3. The number of rotatable bonds is 3. The van der Waals surface area contributed by atoms with Crippen molar-refractivity contribution in [1.82, 2.24) is 15.2 Å². The van der Waals surface area contributed by atoms with Crippen molar-refractivity contribution in [3.63, 3.8) is 0 Å². The number of pyridine rings is 1. The monoisotopic (exact) mass is 490 g/mol. The number of para-hydroxylation sites is 1. The summed E-state index contributed by atoms with van der Waals surface area (Å²) in [5.74, 6) is 3.57. The lowest BCUT2D eigenvalue weighted by atomic mass is 9.82. The lowest BCUT2D eigenvalue weighted by Crippen LogP contribution is -2.35. The first-order valence-electron chi connectivity index (χ1n) is 12.1. The summed E-state index contributed by atoms with van der Waals surface area (Å²) in [4.78, 5) is 8.82. The van der Waals surface area contributed by atoms with E-state index >= 15 is 0 Å². The van der Waals surface area contributed by atoms with Gasteiger partial charge in [-0.25, -0.2) is 13.8 Å². The molecular weight excluding hydrogens is 462 g/mol. The maximum atomic E-state index is 13.1. The zero-order valence-corrected chi connectivity index (χ0v) is 20.0. The zero-order valence-electron chi connectivity index (χ0n) is 20.0. The number of benzene rings is 1. The van der Waals surface area contributed by atoms with Gasteiger partial charge in [0.25, 0.3) is 5.92 Å². The van der Waals surface area contributed by atoms with Gasteiger partial charge in [0.2, 0.25) is 0 Å². The Hall–Kier alpha value is -3.93. The Kier molecular flexibility index (Phi) is 6.35. The highest BCUT2D eigenvalue weighted by molar-refractivity contribution is 5.74. The summed E-state index contributed by atoms with van der Waals surface area (Å²) in [6.07, 6.45) is 2.26. The van der Waals surface area contributed by atoms with Gasteiger partial charge in [-0.1, -0.05) is 18.1 Å². The van der Waals surface area contributed by atoms with E-state index in [9.17, 15) is 13.9 Å². The summed E-state index contributed by atoms with van der Waals surface area (Å²) in [5.41, 5.74) is 9.76. The van der Waals surface area contributed by atoms with E-state index in [0.717, 1.165) is 30.9 Å². The summed E-state index contributed by atoms with van der Waals surface area (Å²) in [6, 6.07) is 13.0. The van der Waals surface area contributed by atoms with Crippen molar-refractivity contribution in [3.8, 4) is 28.8 Å². The Morgan fingerprint density at radius 1 is 1.08 bits per heavy atom. The van der Waals surface area contributed by atoms with Gasteiger partial charge in [-0.3, -0.25) is 0 Å². The van der Waals surface area contributed by atoms with E-state index in [1.54, 1.807) is 24.4 Å². The van der Waals surface area contributed by atoms with E-state index < -0.39 is 5.92 Å². The van der Waals surface area contributed by atoms with Crippen LogP contribution in [0.3, 0.4) is 0 Å². The molecule has 9 heteroatoms. The number of alkyl halides is 2. The van der Waals surface area contributed by atoms with Crippen molar-refractivity contribution in [2.75, 3.05) is 35.2 Å². The predicted octanol–water partition coefficient (Wildman–Crippen LogP) is 4.33. The van der Waals surface area contributed by atoms with Gasteiger partial charge in [-0.15, -0.1) is 10.2 Å². The highest BCUT2D eigenvalue weighted by Crippen LogP contribution is 2.41. The topological polar surface area (TPSA) is 91.4 Å². The molecule has 3 aromatic rings. The SMILES string of the molecule is C[C@@H]1CCN(c2cc(-c3ccccc3O)nnc2N)CCN1c1ccnc(C#CC2CC(F)(F)C2)c1. The average Bonchev–Trinajstić information content (AvgIpc) is 3.04. The van der Waals surface area contributed by atoms with Crippen LogP contribution in [0, 0.1) is 17.8 Å². The molecule has 2 aromatic heterocycles. The summed E-state index contributed by atoms with van der Waals surface area (Å²) < 4.78 is 26.2. The van der Waals surface area contributed by atoms with Crippen molar-refractivity contribution in [2.45, 2.75) is 38.2 Å². The molecular formula is C27H28F2N6O. The summed E-state index contributed by atoms with van der Waals surface area (Å²) >= 11 is 0. The number of halogens is 2. The minimum Gasteiger partial charge on any atom is -0.507 e. The number of phenols is 1. The zero-order chi connectivity index (χ0) is 25.3. The molecule has 2 aliphatic rings. The van der Waals surface area contributed by atoms with E-state index in [1.807, 2.05) is 24.3 Å². The van der Waals surface area contributed by atoms with Crippen LogP contribution in [-0.2, 0) is 0 Å². The smallest absolute Gasteiger partial charge is 0.250 e. The van der Waals surface area contributed by atoms with Crippen LogP contribution < -0.4 is 15.5 Å². The summed E-state index contributed by atoms with van der Waals surface area (Å²) in [5, 5.41) is 18.6. The van der Waals surface area contributed by atoms with Crippen molar-refractivity contribution in [3.05, 3.63) is 54.4 Å². The normalized spacial score (nSPS) is 19.7. The number of aromatic nitrogens is 3. The van der Waals surface area contributed by atoms with Crippen LogP contribution in [0.4, 0.5) is 26.0 Å². The second-order valence-corrected chi connectivity index (χ2v) is 9.47. The van der Waals surface area contributed by atoms with Gasteiger partial charge in [0.1, 0.15) is 11.4 Å². The molecule has 5 rings (SSSR count). The summed E-state index contributed by atoms with van der Waals surface area (Å²) in [7, 11) is 0. The molecule has 3 N–H and O–H groups in total. The minimum atomic E-state index is -2.57. The molecule has 186 valence electrons. The van der Waals surface area contributed by atoms with Crippen LogP contribution in [-0.4, -0.2) is 51.9 Å². The first kappa shape index (κ1) is 23.8. The van der Waals surface area contributed by atoms with Crippen LogP contribution in [0.15, 0.2) is 48.7 Å². The van der Waals surface area contributed by atoms with E-state index in [1.165, 1.54) is 0 Å². The molecule has 0 bridgehead atoms. The Bertz CT molecular complexity index is 1310. The molecule has 1 aliphatic heterocycles. The van der Waals surface area contributed by atoms with Gasteiger partial charge in [0, 0.05) is 61.9 Å². The number of nitrogen functional groups attached to an aromatic ring is 1. The molecule has 1 aromatic carbocycles. The van der Waals surface area contributed by atoms with Crippen LogP contribution in [0.25, 0.3) is 11.3 Å². The second kappa shape index (κ2) is 9.61. The van der Waals surface area contributed by atoms with Gasteiger partial charge >= 0.3 is 0 Å². The molecule has 0 unspecified atom stereocenters. The standard InChI is InChI=1S/C27H28F2N6O/c1-18-9-11-34(24-15-23(32-33-26(24)30)22-4-2-3-5-25(22)36)12-13-35(18)21-8-10-31-20(14-21)7-6-19-16-27(28,29)17-19/h2-5,8,10,14-15,18-19,36H,9,11-13,16-17H2,1H3,(H2,30,33)/t18-/m1/s1. The molecule has 1 atom stereocenters. The maximum absolute atomic E-state index is 13.1. The third kappa shape index (κ3) is 5.03. The number of nitrogens with zero attached hydrogens (tertiary/aromatic N) is 5. The minimum absolute atomic E-state index is 0.140. The lowest BCUT2D eigenvalue weighted by molar-refractivity contribution is -0.0936. The predicted molar refractivity (Wildman–Crippen MR) is 136 cm³/mol. The van der Waals surface area contributed by atoms with Crippen LogP contribution in [0.1, 0.15) is 31.9 Å². The number of anilines is 3. The molecule has 36 heavy (non-hydrogen) atoms. The Morgan fingerprint density at radius 3 is 2.67 bits per heavy atom. The van der Waals surface area contributed by atoms with Gasteiger partial charge in [0.05, 0.1) is 11.4 Å². The van der Waals surface area contributed by atoms with Crippen molar-refractivity contribution < 1.29 is 13.9 Å². The van der Waals surface area contributed by atoms with E-state index in [2.05, 4.69) is 43.7 Å². The molecule has 0 spiro atoms. The quantitative estimate of drug-likeness (QED) is 0.528. The Balaban J connectivity index is 1.33. The van der Waals surface area contributed by atoms with Crippen LogP contribution in [0.5, 0.6) is 5.75 Å². The highest BCUT2D eigenvalue weighted by Gasteiger charge is 2.44. The molecule has 1 saturated heterocycles. The van der Waals surface area contributed by atoms with Crippen molar-refractivity contribution in [1.29, 1.82) is 0 Å². The second-order valence-electron chi connectivity index (χ2n) is 9.47. The van der Waals surface area contributed by atoms with Gasteiger partial charge in [0.15, 0.2) is 5.82 Å². The van der Waals surface area contributed by atoms with E-state index in [-0.39, 0.29) is 30.6 Å². The average molecular weight is 491 g/mol. The third-order valence-electron chi connectivity index (χ3n) is 6.85. The molecule has 1 aliphatic carbocycles. The number of hydrogen-bond acceptors (Lipinski definition) is 7. The largest absolute Gasteiger partial charge is 0.507 e. The molecule has 0 amide bonds. The third-order valence-corrected chi connectivity index (χ3v) is 6.85. The highest BCUT2D eigenvalue weighted by atomic mass is 19.3. The Labute approximate surface area is 209 Å². The number of nitrogens with two attached hydrogens (primary N) is 1. The number of hydrogen-bond donors (Lipinski definition) is 2. The fraction of sp³-hybridized carbons (Fsp3) is 0.370. The van der Waals surface area contributed by atoms with Crippen LogP contribution in [0.2, 0.25) is 0 Å². The maximum Gasteiger partial charge on any atom is 0.250 e. The Morgan fingerprint density at radius 2 is 1.89 bits per heavy atom. The van der Waals surface area contributed by atoms with Gasteiger partial charge in [-0.2, -0.15) is 0 Å². The van der Waals surface area contributed by atoms with E-state index in [4.69, 9.17) is 5.73 Å². The number of phenolic OH excluding ortho intramolecular Hbond substituents is 1. The first-order valence-corrected chi connectivity index (χ1v) is 12.1. The van der Waals surface area contributed by atoms with Gasteiger partial charge in [-0.05, 0) is 49.6 Å². The van der Waals surface area contributed by atoms with Crippen molar-refractivity contribution in [2.24, 2.45) is 5.92 Å². The molecule has 7 nitrogen and oxygen atoms in total. The fourth-order valence-electron chi connectivity index (χ4n) is 4.76. The van der Waals surface area contributed by atoms with Gasteiger partial charge < -0.3 is 20.6 Å². The number of aromatic hydroxyl groups is 1. The molecule has 0 radical (unpaired) electrons. The van der Waals surface area contributed by atoms with Crippen LogP contribution >= 0.6 is 0 Å². The molecule has 3 heterocycles. The fourth-order valence-corrected chi connectivity index (χ4v) is 4.76. The molecule has 2 fully saturated rings. The lowest BCUT2D eigenvalue weighted by Gasteiger charge is -2.31. The molecule has 1 saturated carbocycles. The van der Waals surface area contributed by atoms with E-state index in [0.29, 0.717) is 29.3 Å². The summed E-state index contributed by atoms with van der Waals surface area (Å²) in [6.45, 7) is 4.40. The van der Waals surface area contributed by atoms with Crippen molar-refractivity contribution >= 4 is 17.2 Å².